The molecule has 0 N–H and O–H groups in total. The van der Waals surface area contributed by atoms with Crippen molar-refractivity contribution < 1.29 is 14.3 Å². The number of carbonyl (C=O) groups is 2. The number of rotatable bonds is 3. The molecule has 0 bridgehead atoms. The van der Waals surface area contributed by atoms with Gasteiger partial charge in [-0.25, -0.2) is 0 Å². The fourth-order valence-corrected chi connectivity index (χ4v) is 2.44. The summed E-state index contributed by atoms with van der Waals surface area (Å²) in [5.41, 5.74) is 0.624. The van der Waals surface area contributed by atoms with E-state index in [-0.39, 0.29) is 11.9 Å². The minimum atomic E-state index is -0.0155. The van der Waals surface area contributed by atoms with E-state index in [0.717, 1.165) is 12.8 Å². The maximum absolute atomic E-state index is 12.4. The predicted octanol–water partition coefficient (Wildman–Crippen LogP) is 2.28. The molecule has 1 saturated carbocycles. The average Bonchev–Trinajstić information content (AvgIpc) is 2.46. The number of methoxy groups -OCH3 is 1. The van der Waals surface area contributed by atoms with Gasteiger partial charge in [0.15, 0.2) is 0 Å². The fourth-order valence-electron chi connectivity index (χ4n) is 2.44. The van der Waals surface area contributed by atoms with Crippen molar-refractivity contribution in [1.29, 1.82) is 0 Å². The van der Waals surface area contributed by atoms with Crippen molar-refractivity contribution in [2.45, 2.75) is 31.7 Å². The first-order valence-corrected chi connectivity index (χ1v) is 6.54. The molecule has 0 unspecified atom stereocenters. The Labute approximate surface area is 113 Å². The van der Waals surface area contributed by atoms with E-state index >= 15 is 0 Å². The lowest BCUT2D eigenvalue weighted by Gasteiger charge is -2.30. The maximum Gasteiger partial charge on any atom is 0.253 e. The second kappa shape index (κ2) is 5.87. The molecule has 0 heterocycles. The molecule has 4 heteroatoms. The molecular weight excluding hydrogens is 242 g/mol. The van der Waals surface area contributed by atoms with Gasteiger partial charge in [0.05, 0.1) is 7.11 Å². The quantitative estimate of drug-likeness (QED) is 0.838. The molecule has 1 amide bonds. The minimum absolute atomic E-state index is 0.0155. The molecule has 0 atom stereocenters. The van der Waals surface area contributed by atoms with Gasteiger partial charge in [-0.15, -0.1) is 0 Å². The first kappa shape index (κ1) is 13.6. The third-order valence-corrected chi connectivity index (χ3v) is 3.70. The number of amides is 1. The number of Topliss-reactive ketones (excluding diaryl/α,β-unsaturated/α-hetero) is 1. The fraction of sp³-hybridized carbons (Fsp3) is 0.467. The van der Waals surface area contributed by atoms with Crippen LogP contribution in [0.3, 0.4) is 0 Å². The first-order chi connectivity index (χ1) is 9.11. The minimum Gasteiger partial charge on any atom is -0.497 e. The highest BCUT2D eigenvalue weighted by molar-refractivity contribution is 5.94. The third-order valence-electron chi connectivity index (χ3n) is 3.70. The lowest BCUT2D eigenvalue weighted by Crippen LogP contribution is -2.39. The van der Waals surface area contributed by atoms with Gasteiger partial charge in [0.25, 0.3) is 5.91 Å². The van der Waals surface area contributed by atoms with Crippen LogP contribution in [0.1, 0.15) is 36.0 Å². The van der Waals surface area contributed by atoms with E-state index in [0.29, 0.717) is 29.9 Å². The first-order valence-electron chi connectivity index (χ1n) is 6.54. The van der Waals surface area contributed by atoms with Gasteiger partial charge in [0.1, 0.15) is 11.5 Å². The normalized spacial score (nSPS) is 16.2. The summed E-state index contributed by atoms with van der Waals surface area (Å²) in [5, 5.41) is 0. The van der Waals surface area contributed by atoms with Crippen molar-refractivity contribution in [3.63, 3.8) is 0 Å². The number of benzene rings is 1. The summed E-state index contributed by atoms with van der Waals surface area (Å²) < 4.78 is 5.13. The SMILES string of the molecule is COc1cccc(C(=O)N(C)C2CCC(=O)CC2)c1. The Morgan fingerprint density at radius 3 is 2.63 bits per heavy atom. The summed E-state index contributed by atoms with van der Waals surface area (Å²) in [4.78, 5) is 25.4. The van der Waals surface area contributed by atoms with Crippen molar-refractivity contribution >= 4 is 11.7 Å². The van der Waals surface area contributed by atoms with Crippen LogP contribution in [0.5, 0.6) is 5.75 Å². The summed E-state index contributed by atoms with van der Waals surface area (Å²) in [6.07, 6.45) is 2.71. The van der Waals surface area contributed by atoms with E-state index in [1.54, 1.807) is 24.1 Å². The highest BCUT2D eigenvalue weighted by Gasteiger charge is 2.25. The number of hydrogen-bond acceptors (Lipinski definition) is 3. The van der Waals surface area contributed by atoms with Gasteiger partial charge >= 0.3 is 0 Å². The Hall–Kier alpha value is -1.84. The molecule has 0 saturated heterocycles. The molecular formula is C15H19NO3. The zero-order chi connectivity index (χ0) is 13.8. The molecule has 2 rings (SSSR count). The largest absolute Gasteiger partial charge is 0.497 e. The van der Waals surface area contributed by atoms with Crippen molar-refractivity contribution in [3.8, 4) is 5.75 Å². The number of hydrogen-bond donors (Lipinski definition) is 0. The van der Waals surface area contributed by atoms with Crippen LogP contribution in [0, 0.1) is 0 Å². The molecule has 4 nitrogen and oxygen atoms in total. The van der Waals surface area contributed by atoms with Gasteiger partial charge in [-0.2, -0.15) is 0 Å². The Balaban J connectivity index is 2.07. The molecule has 19 heavy (non-hydrogen) atoms. The monoisotopic (exact) mass is 261 g/mol. The molecule has 1 aromatic rings. The molecule has 0 aromatic heterocycles. The maximum atomic E-state index is 12.4. The highest BCUT2D eigenvalue weighted by atomic mass is 16.5. The molecule has 1 aliphatic carbocycles. The Morgan fingerprint density at radius 1 is 1.32 bits per heavy atom. The second-order valence-corrected chi connectivity index (χ2v) is 4.92. The van der Waals surface area contributed by atoms with Crippen molar-refractivity contribution in [3.05, 3.63) is 29.8 Å². The van der Waals surface area contributed by atoms with E-state index in [1.807, 2.05) is 19.2 Å². The van der Waals surface area contributed by atoms with Crippen LogP contribution in [0.2, 0.25) is 0 Å². The van der Waals surface area contributed by atoms with Gasteiger partial charge in [-0.1, -0.05) is 6.07 Å². The lowest BCUT2D eigenvalue weighted by molar-refractivity contribution is -0.121. The van der Waals surface area contributed by atoms with E-state index in [1.165, 1.54) is 0 Å². The zero-order valence-corrected chi connectivity index (χ0v) is 11.4. The molecule has 0 spiro atoms. The van der Waals surface area contributed by atoms with Crippen LogP contribution in [0.25, 0.3) is 0 Å². The molecule has 0 radical (unpaired) electrons. The number of ether oxygens (including phenoxy) is 1. The Morgan fingerprint density at radius 2 is 2.00 bits per heavy atom. The smallest absolute Gasteiger partial charge is 0.253 e. The van der Waals surface area contributed by atoms with Gasteiger partial charge in [0.2, 0.25) is 0 Å². The second-order valence-electron chi connectivity index (χ2n) is 4.92. The highest BCUT2D eigenvalue weighted by Crippen LogP contribution is 2.22. The topological polar surface area (TPSA) is 46.6 Å². The molecule has 1 aromatic carbocycles. The average molecular weight is 261 g/mol. The van der Waals surface area contributed by atoms with Crippen LogP contribution in [0.15, 0.2) is 24.3 Å². The van der Waals surface area contributed by atoms with Crippen LogP contribution >= 0.6 is 0 Å². The lowest BCUT2D eigenvalue weighted by atomic mass is 9.93. The van der Waals surface area contributed by atoms with E-state index < -0.39 is 0 Å². The molecule has 1 aliphatic rings. The van der Waals surface area contributed by atoms with Gasteiger partial charge in [0, 0.05) is 31.5 Å². The summed E-state index contributed by atoms with van der Waals surface area (Å²) in [6, 6.07) is 7.32. The molecule has 0 aliphatic heterocycles. The predicted molar refractivity (Wildman–Crippen MR) is 72.4 cm³/mol. The van der Waals surface area contributed by atoms with E-state index in [4.69, 9.17) is 4.74 Å². The van der Waals surface area contributed by atoms with Crippen molar-refractivity contribution in [1.82, 2.24) is 4.90 Å². The van der Waals surface area contributed by atoms with Crippen LogP contribution < -0.4 is 4.74 Å². The van der Waals surface area contributed by atoms with Gasteiger partial charge < -0.3 is 9.64 Å². The van der Waals surface area contributed by atoms with Crippen LogP contribution in [-0.4, -0.2) is 36.8 Å². The third kappa shape index (κ3) is 3.13. The Bertz CT molecular complexity index is 474. The zero-order valence-electron chi connectivity index (χ0n) is 11.4. The Kier molecular flexibility index (Phi) is 4.20. The van der Waals surface area contributed by atoms with Crippen molar-refractivity contribution in [2.75, 3.05) is 14.2 Å². The molecule has 1 fully saturated rings. The molecule has 102 valence electrons. The van der Waals surface area contributed by atoms with Crippen LogP contribution in [-0.2, 0) is 4.79 Å². The number of ketones is 1. The van der Waals surface area contributed by atoms with Gasteiger partial charge in [-0.3, -0.25) is 9.59 Å². The van der Waals surface area contributed by atoms with E-state index in [2.05, 4.69) is 0 Å². The van der Waals surface area contributed by atoms with E-state index in [9.17, 15) is 9.59 Å². The number of nitrogens with zero attached hydrogens (tertiary/aromatic N) is 1. The van der Waals surface area contributed by atoms with Crippen LogP contribution in [0.4, 0.5) is 0 Å². The van der Waals surface area contributed by atoms with Crippen molar-refractivity contribution in [2.24, 2.45) is 0 Å². The standard InChI is InChI=1S/C15H19NO3/c1-16(12-6-8-13(17)9-7-12)15(18)11-4-3-5-14(10-11)19-2/h3-5,10,12H,6-9H2,1-2H3. The number of carbonyl (C=O) groups excluding carboxylic acids is 2. The summed E-state index contributed by atoms with van der Waals surface area (Å²) in [6.45, 7) is 0. The summed E-state index contributed by atoms with van der Waals surface area (Å²) in [5.74, 6) is 0.967. The summed E-state index contributed by atoms with van der Waals surface area (Å²) in [7, 11) is 3.39. The van der Waals surface area contributed by atoms with Gasteiger partial charge in [-0.05, 0) is 31.0 Å². The summed E-state index contributed by atoms with van der Waals surface area (Å²) >= 11 is 0.